The standard InChI is InChI=1S/C13H28O4S/c1-3-5-7-8-9-12(14)11-13(10-6-4-2)18(15,16)17/h12-14H,3-11H2,1-2H3,(H,15,16,17). The van der Waals surface area contributed by atoms with Crippen molar-refractivity contribution in [1.29, 1.82) is 0 Å². The topological polar surface area (TPSA) is 74.6 Å². The Morgan fingerprint density at radius 2 is 1.56 bits per heavy atom. The van der Waals surface area contributed by atoms with Gasteiger partial charge in [0, 0.05) is 0 Å². The molecule has 0 aliphatic heterocycles. The van der Waals surface area contributed by atoms with Gasteiger partial charge in [0.25, 0.3) is 10.1 Å². The third-order valence-corrected chi connectivity index (χ3v) is 4.50. The van der Waals surface area contributed by atoms with Crippen molar-refractivity contribution in [2.24, 2.45) is 0 Å². The van der Waals surface area contributed by atoms with E-state index in [4.69, 9.17) is 4.55 Å². The molecule has 18 heavy (non-hydrogen) atoms. The Labute approximate surface area is 112 Å². The first-order chi connectivity index (χ1) is 8.41. The van der Waals surface area contributed by atoms with Crippen molar-refractivity contribution < 1.29 is 18.1 Å². The number of rotatable bonds is 11. The van der Waals surface area contributed by atoms with Crippen LogP contribution in [0.3, 0.4) is 0 Å². The van der Waals surface area contributed by atoms with Gasteiger partial charge in [-0.3, -0.25) is 4.55 Å². The molecule has 0 aromatic heterocycles. The number of hydrogen-bond donors (Lipinski definition) is 2. The molecule has 0 aliphatic carbocycles. The van der Waals surface area contributed by atoms with E-state index < -0.39 is 21.5 Å². The summed E-state index contributed by atoms with van der Waals surface area (Å²) in [7, 11) is -4.03. The minimum Gasteiger partial charge on any atom is -0.393 e. The number of hydrogen-bond acceptors (Lipinski definition) is 3. The van der Waals surface area contributed by atoms with Gasteiger partial charge < -0.3 is 5.11 Å². The first kappa shape index (κ1) is 17.9. The quantitative estimate of drug-likeness (QED) is 0.450. The molecule has 5 heteroatoms. The van der Waals surface area contributed by atoms with Gasteiger partial charge in [0.05, 0.1) is 11.4 Å². The predicted octanol–water partition coefficient (Wildman–Crippen LogP) is 3.15. The molecule has 0 saturated heterocycles. The van der Waals surface area contributed by atoms with Crippen LogP contribution < -0.4 is 0 Å². The zero-order chi connectivity index (χ0) is 14.0. The highest BCUT2D eigenvalue weighted by Crippen LogP contribution is 2.18. The zero-order valence-electron chi connectivity index (χ0n) is 11.6. The molecule has 110 valence electrons. The summed E-state index contributed by atoms with van der Waals surface area (Å²) in [5.74, 6) is 0. The van der Waals surface area contributed by atoms with E-state index in [0.29, 0.717) is 12.8 Å². The lowest BCUT2D eigenvalue weighted by atomic mass is 10.0. The van der Waals surface area contributed by atoms with Crippen molar-refractivity contribution in [3.8, 4) is 0 Å². The molecule has 2 atom stereocenters. The van der Waals surface area contributed by atoms with Gasteiger partial charge in [0.1, 0.15) is 0 Å². The van der Waals surface area contributed by atoms with Crippen LogP contribution in [-0.2, 0) is 10.1 Å². The Bertz CT molecular complexity index is 287. The van der Waals surface area contributed by atoms with Gasteiger partial charge in [-0.2, -0.15) is 8.42 Å². The zero-order valence-corrected chi connectivity index (χ0v) is 12.5. The third kappa shape index (κ3) is 8.89. The van der Waals surface area contributed by atoms with Gasteiger partial charge in [-0.1, -0.05) is 52.4 Å². The summed E-state index contributed by atoms with van der Waals surface area (Å²) in [5, 5.41) is 9.00. The fourth-order valence-electron chi connectivity index (χ4n) is 2.05. The fourth-order valence-corrected chi connectivity index (χ4v) is 2.98. The predicted molar refractivity (Wildman–Crippen MR) is 74.2 cm³/mol. The minimum absolute atomic E-state index is 0.158. The van der Waals surface area contributed by atoms with E-state index in [1.165, 1.54) is 0 Å². The van der Waals surface area contributed by atoms with E-state index in [2.05, 4.69) is 6.92 Å². The van der Waals surface area contributed by atoms with Crippen LogP contribution in [0.2, 0.25) is 0 Å². The monoisotopic (exact) mass is 280 g/mol. The molecule has 2 N–H and O–H groups in total. The highest BCUT2D eigenvalue weighted by molar-refractivity contribution is 7.86. The molecule has 0 bridgehead atoms. The third-order valence-electron chi connectivity index (χ3n) is 3.23. The van der Waals surface area contributed by atoms with E-state index >= 15 is 0 Å². The molecule has 2 unspecified atom stereocenters. The van der Waals surface area contributed by atoms with Crippen molar-refractivity contribution in [3.63, 3.8) is 0 Å². The molecular weight excluding hydrogens is 252 g/mol. The van der Waals surface area contributed by atoms with E-state index in [1.807, 2.05) is 6.92 Å². The lowest BCUT2D eigenvalue weighted by Crippen LogP contribution is -2.26. The van der Waals surface area contributed by atoms with Gasteiger partial charge in [-0.25, -0.2) is 0 Å². The van der Waals surface area contributed by atoms with Crippen LogP contribution in [0.4, 0.5) is 0 Å². The summed E-state index contributed by atoms with van der Waals surface area (Å²) >= 11 is 0. The molecule has 0 rings (SSSR count). The average Bonchev–Trinajstić information content (AvgIpc) is 2.28. The second-order valence-electron chi connectivity index (χ2n) is 5.02. The van der Waals surface area contributed by atoms with Crippen LogP contribution in [0, 0.1) is 0 Å². The van der Waals surface area contributed by atoms with Gasteiger partial charge in [0.2, 0.25) is 0 Å². The maximum Gasteiger partial charge on any atom is 0.267 e. The molecule has 0 fully saturated rings. The Hall–Kier alpha value is -0.130. The van der Waals surface area contributed by atoms with Crippen LogP contribution in [0.25, 0.3) is 0 Å². The second-order valence-corrected chi connectivity index (χ2v) is 6.71. The van der Waals surface area contributed by atoms with E-state index in [-0.39, 0.29) is 6.42 Å². The Balaban J connectivity index is 4.06. The van der Waals surface area contributed by atoms with E-state index in [9.17, 15) is 13.5 Å². The summed E-state index contributed by atoms with van der Waals surface area (Å²) in [4.78, 5) is 0. The molecule has 4 nitrogen and oxygen atoms in total. The van der Waals surface area contributed by atoms with Gasteiger partial charge in [-0.15, -0.1) is 0 Å². The molecule has 0 saturated carbocycles. The van der Waals surface area contributed by atoms with Gasteiger partial charge >= 0.3 is 0 Å². The van der Waals surface area contributed by atoms with Gasteiger partial charge in [-0.05, 0) is 19.3 Å². The van der Waals surface area contributed by atoms with E-state index in [1.54, 1.807) is 0 Å². The maximum atomic E-state index is 11.2. The first-order valence-electron chi connectivity index (χ1n) is 7.06. The SMILES string of the molecule is CCCCCCC(O)CC(CCCC)S(=O)(=O)O. The summed E-state index contributed by atoms with van der Waals surface area (Å²) in [5.41, 5.74) is 0. The lowest BCUT2D eigenvalue weighted by molar-refractivity contribution is 0.147. The molecule has 0 heterocycles. The summed E-state index contributed by atoms with van der Waals surface area (Å²) in [6.45, 7) is 4.10. The van der Waals surface area contributed by atoms with Crippen molar-refractivity contribution in [3.05, 3.63) is 0 Å². The molecular formula is C13H28O4S. The molecule has 0 aromatic carbocycles. The van der Waals surface area contributed by atoms with Crippen molar-refractivity contribution in [2.75, 3.05) is 0 Å². The fraction of sp³-hybridized carbons (Fsp3) is 1.00. The number of aliphatic hydroxyl groups excluding tert-OH is 1. The first-order valence-corrected chi connectivity index (χ1v) is 8.56. The summed E-state index contributed by atoms with van der Waals surface area (Å²) < 4.78 is 31.5. The molecule has 0 aromatic rings. The van der Waals surface area contributed by atoms with E-state index in [0.717, 1.165) is 38.5 Å². The van der Waals surface area contributed by atoms with Crippen LogP contribution in [0.5, 0.6) is 0 Å². The van der Waals surface area contributed by atoms with Gasteiger partial charge in [0.15, 0.2) is 0 Å². The summed E-state index contributed by atoms with van der Waals surface area (Å²) in [6.07, 6.45) is 6.51. The summed E-state index contributed by atoms with van der Waals surface area (Å²) in [6, 6.07) is 0. The molecule has 0 amide bonds. The Morgan fingerprint density at radius 3 is 2.06 bits per heavy atom. The van der Waals surface area contributed by atoms with Crippen LogP contribution in [0.1, 0.15) is 71.6 Å². The van der Waals surface area contributed by atoms with Crippen LogP contribution in [-0.4, -0.2) is 29.4 Å². The Kier molecular flexibility index (Phi) is 9.68. The largest absolute Gasteiger partial charge is 0.393 e. The van der Waals surface area contributed by atoms with Crippen LogP contribution >= 0.6 is 0 Å². The van der Waals surface area contributed by atoms with Crippen molar-refractivity contribution in [2.45, 2.75) is 83.0 Å². The highest BCUT2D eigenvalue weighted by Gasteiger charge is 2.25. The molecule has 0 aliphatic rings. The maximum absolute atomic E-state index is 11.2. The van der Waals surface area contributed by atoms with Crippen molar-refractivity contribution in [1.82, 2.24) is 0 Å². The second kappa shape index (κ2) is 9.75. The number of aliphatic hydroxyl groups is 1. The van der Waals surface area contributed by atoms with Crippen molar-refractivity contribution >= 4 is 10.1 Å². The van der Waals surface area contributed by atoms with Crippen LogP contribution in [0.15, 0.2) is 0 Å². The smallest absolute Gasteiger partial charge is 0.267 e. The normalized spacial score (nSPS) is 15.6. The minimum atomic E-state index is -4.03. The molecule has 0 spiro atoms. The number of unbranched alkanes of at least 4 members (excludes halogenated alkanes) is 4. The average molecular weight is 280 g/mol. The Morgan fingerprint density at radius 1 is 0.944 bits per heavy atom. The molecule has 0 radical (unpaired) electrons. The lowest BCUT2D eigenvalue weighted by Gasteiger charge is -2.17. The highest BCUT2D eigenvalue weighted by atomic mass is 32.2.